The topological polar surface area (TPSA) is 28.2 Å². The van der Waals surface area contributed by atoms with Gasteiger partial charge in [-0.25, -0.2) is 0 Å². The third kappa shape index (κ3) is 4.80. The van der Waals surface area contributed by atoms with Crippen LogP contribution in [0.2, 0.25) is 0 Å². The van der Waals surface area contributed by atoms with Gasteiger partial charge in [-0.05, 0) is 63.8 Å². The summed E-state index contributed by atoms with van der Waals surface area (Å²) in [6.45, 7) is 7.68. The molecule has 0 aliphatic heterocycles. The number of aromatic nitrogens is 1. The zero-order valence-electron chi connectivity index (χ0n) is 13.5. The Hall–Kier alpha value is -1.45. The molecule has 2 rings (SSSR count). The van der Waals surface area contributed by atoms with Crippen molar-refractivity contribution in [2.75, 3.05) is 20.1 Å². The zero-order valence-corrected chi connectivity index (χ0v) is 13.5. The predicted molar refractivity (Wildman–Crippen MR) is 90.4 cm³/mol. The molecule has 114 valence electrons. The Kier molecular flexibility index (Phi) is 6.15. The number of nitrogens with zero attached hydrogens (tertiary/aromatic N) is 2. The molecule has 1 heterocycles. The van der Waals surface area contributed by atoms with E-state index in [1.54, 1.807) is 0 Å². The number of hydrogen-bond acceptors (Lipinski definition) is 3. The molecule has 0 fully saturated rings. The second-order valence-corrected chi connectivity index (χ2v) is 5.97. The number of rotatable bonds is 8. The molecule has 3 heteroatoms. The first kappa shape index (κ1) is 15.9. The van der Waals surface area contributed by atoms with Gasteiger partial charge in [-0.15, -0.1) is 0 Å². The summed E-state index contributed by atoms with van der Waals surface area (Å²) in [4.78, 5) is 6.58. The summed E-state index contributed by atoms with van der Waals surface area (Å²) >= 11 is 0. The molecule has 0 atom stereocenters. The van der Waals surface area contributed by atoms with Crippen LogP contribution >= 0.6 is 0 Å². The van der Waals surface area contributed by atoms with Gasteiger partial charge >= 0.3 is 0 Å². The lowest BCUT2D eigenvalue weighted by atomic mass is 10.1. The van der Waals surface area contributed by atoms with Crippen LogP contribution in [0, 0.1) is 0 Å². The van der Waals surface area contributed by atoms with Crippen LogP contribution in [0.25, 0.3) is 10.8 Å². The highest BCUT2D eigenvalue weighted by molar-refractivity contribution is 5.84. The molecule has 0 saturated heterocycles. The van der Waals surface area contributed by atoms with Gasteiger partial charge in [0, 0.05) is 30.4 Å². The van der Waals surface area contributed by atoms with Gasteiger partial charge in [0.15, 0.2) is 0 Å². The van der Waals surface area contributed by atoms with Crippen LogP contribution in [0.1, 0.15) is 32.3 Å². The number of pyridine rings is 1. The monoisotopic (exact) mass is 285 g/mol. The fraction of sp³-hybridized carbons (Fsp3) is 0.500. The Labute approximate surface area is 128 Å². The van der Waals surface area contributed by atoms with E-state index in [9.17, 15) is 0 Å². The molecule has 21 heavy (non-hydrogen) atoms. The smallest absolute Gasteiger partial charge is 0.0346 e. The zero-order chi connectivity index (χ0) is 15.1. The van der Waals surface area contributed by atoms with Gasteiger partial charge in [0.2, 0.25) is 0 Å². The molecule has 0 spiro atoms. The van der Waals surface area contributed by atoms with Crippen LogP contribution in [-0.2, 0) is 6.54 Å². The summed E-state index contributed by atoms with van der Waals surface area (Å²) in [5, 5.41) is 6.08. The van der Waals surface area contributed by atoms with E-state index in [2.05, 4.69) is 60.4 Å². The number of hydrogen-bond donors (Lipinski definition) is 1. The largest absolute Gasteiger partial charge is 0.313 e. The molecule has 0 saturated carbocycles. The van der Waals surface area contributed by atoms with E-state index in [1.165, 1.54) is 35.7 Å². The lowest BCUT2D eigenvalue weighted by Gasteiger charge is -2.20. The molecule has 2 aromatic rings. The highest BCUT2D eigenvalue weighted by Crippen LogP contribution is 2.17. The molecule has 1 aromatic carbocycles. The third-order valence-corrected chi connectivity index (χ3v) is 4.08. The van der Waals surface area contributed by atoms with Crippen LogP contribution in [0.3, 0.4) is 0 Å². The van der Waals surface area contributed by atoms with E-state index in [-0.39, 0.29) is 0 Å². The first-order chi connectivity index (χ1) is 10.2. The van der Waals surface area contributed by atoms with E-state index >= 15 is 0 Å². The normalized spacial score (nSPS) is 11.7. The lowest BCUT2D eigenvalue weighted by Crippen LogP contribution is -2.27. The minimum Gasteiger partial charge on any atom is -0.313 e. The summed E-state index contributed by atoms with van der Waals surface area (Å²) in [6.07, 6.45) is 6.28. The number of nitrogens with one attached hydrogen (secondary N) is 1. The Bertz CT molecular complexity index is 546. The summed E-state index contributed by atoms with van der Waals surface area (Å²) in [5.74, 6) is 0. The second kappa shape index (κ2) is 8.11. The van der Waals surface area contributed by atoms with Gasteiger partial charge in [0.1, 0.15) is 0 Å². The van der Waals surface area contributed by atoms with Crippen LogP contribution in [0.4, 0.5) is 0 Å². The van der Waals surface area contributed by atoms with Gasteiger partial charge in [0.25, 0.3) is 0 Å². The molecule has 1 aromatic heterocycles. The Morgan fingerprint density at radius 1 is 1.19 bits per heavy atom. The fourth-order valence-electron chi connectivity index (χ4n) is 2.44. The van der Waals surface area contributed by atoms with Crippen molar-refractivity contribution in [1.29, 1.82) is 0 Å². The van der Waals surface area contributed by atoms with Crippen molar-refractivity contribution in [3.8, 4) is 0 Å². The summed E-state index contributed by atoms with van der Waals surface area (Å²) in [6, 6.07) is 9.17. The number of benzene rings is 1. The van der Waals surface area contributed by atoms with Crippen molar-refractivity contribution >= 4 is 10.8 Å². The summed E-state index contributed by atoms with van der Waals surface area (Å²) < 4.78 is 0. The van der Waals surface area contributed by atoms with Gasteiger partial charge < -0.3 is 10.2 Å². The molecule has 1 N–H and O–H groups in total. The number of unbranched alkanes of at least 4 members (excludes halogenated alkanes) is 1. The molecule has 0 unspecified atom stereocenters. The molecule has 0 bridgehead atoms. The van der Waals surface area contributed by atoms with Gasteiger partial charge in [-0.1, -0.05) is 18.2 Å². The first-order valence-corrected chi connectivity index (χ1v) is 7.91. The average molecular weight is 285 g/mol. The van der Waals surface area contributed by atoms with Crippen LogP contribution in [-0.4, -0.2) is 36.1 Å². The van der Waals surface area contributed by atoms with E-state index in [4.69, 9.17) is 0 Å². The number of fused-ring (bicyclic) bond motifs is 1. The first-order valence-electron chi connectivity index (χ1n) is 7.91. The highest BCUT2D eigenvalue weighted by Gasteiger charge is 2.02. The maximum atomic E-state index is 4.18. The van der Waals surface area contributed by atoms with Crippen molar-refractivity contribution in [2.45, 2.75) is 39.3 Å². The Morgan fingerprint density at radius 2 is 2.05 bits per heavy atom. The van der Waals surface area contributed by atoms with Gasteiger partial charge in [0.05, 0.1) is 0 Å². The molecule has 0 radical (unpaired) electrons. The minimum absolute atomic E-state index is 0.641. The second-order valence-electron chi connectivity index (χ2n) is 5.97. The molecule has 0 aliphatic carbocycles. The lowest BCUT2D eigenvalue weighted by molar-refractivity contribution is 0.268. The maximum Gasteiger partial charge on any atom is 0.0346 e. The Balaban J connectivity index is 1.73. The minimum atomic E-state index is 0.641. The molecule has 3 nitrogen and oxygen atoms in total. The van der Waals surface area contributed by atoms with Crippen molar-refractivity contribution < 1.29 is 0 Å². The Morgan fingerprint density at radius 3 is 2.86 bits per heavy atom. The standard InChI is InChI=1S/C18H27N3/c1-15(2)21(3)12-5-4-10-19-13-16-7-6-8-17-14-20-11-9-18(16)17/h6-9,11,14-15,19H,4-5,10,12-13H2,1-3H3. The van der Waals surface area contributed by atoms with E-state index in [0.717, 1.165) is 13.1 Å². The van der Waals surface area contributed by atoms with Crippen LogP contribution < -0.4 is 5.32 Å². The van der Waals surface area contributed by atoms with Crippen molar-refractivity contribution in [2.24, 2.45) is 0 Å². The van der Waals surface area contributed by atoms with Crippen molar-refractivity contribution in [3.05, 3.63) is 42.2 Å². The molecule has 0 aliphatic rings. The molecule has 0 amide bonds. The van der Waals surface area contributed by atoms with Crippen molar-refractivity contribution in [3.63, 3.8) is 0 Å². The summed E-state index contributed by atoms with van der Waals surface area (Å²) in [5.41, 5.74) is 1.36. The molecular weight excluding hydrogens is 258 g/mol. The predicted octanol–water partition coefficient (Wildman–Crippen LogP) is 3.44. The van der Waals surface area contributed by atoms with Gasteiger partial charge in [-0.3, -0.25) is 4.98 Å². The maximum absolute atomic E-state index is 4.18. The van der Waals surface area contributed by atoms with Gasteiger partial charge in [-0.2, -0.15) is 0 Å². The van der Waals surface area contributed by atoms with E-state index < -0.39 is 0 Å². The molecular formula is C18H27N3. The third-order valence-electron chi connectivity index (χ3n) is 4.08. The van der Waals surface area contributed by atoms with E-state index in [1.807, 2.05) is 12.4 Å². The van der Waals surface area contributed by atoms with E-state index in [0.29, 0.717) is 6.04 Å². The quantitative estimate of drug-likeness (QED) is 0.753. The van der Waals surface area contributed by atoms with Crippen LogP contribution in [0.5, 0.6) is 0 Å². The van der Waals surface area contributed by atoms with Crippen LogP contribution in [0.15, 0.2) is 36.7 Å². The highest BCUT2D eigenvalue weighted by atomic mass is 15.1. The average Bonchev–Trinajstić information content (AvgIpc) is 2.50. The van der Waals surface area contributed by atoms with Crippen molar-refractivity contribution in [1.82, 2.24) is 15.2 Å². The fourth-order valence-corrected chi connectivity index (χ4v) is 2.44. The summed E-state index contributed by atoms with van der Waals surface area (Å²) in [7, 11) is 2.20. The SMILES string of the molecule is CC(C)N(C)CCCCNCc1cccc2cnccc12.